The van der Waals surface area contributed by atoms with Gasteiger partial charge in [0.25, 0.3) is 0 Å². The normalized spacial score (nSPS) is 13.7. The summed E-state index contributed by atoms with van der Waals surface area (Å²) in [6, 6.07) is 31.5. The Bertz CT molecular complexity index is 1320. The van der Waals surface area contributed by atoms with E-state index in [2.05, 4.69) is 6.07 Å². The number of ether oxygens (including phenoxy) is 2. The molecule has 0 unspecified atom stereocenters. The van der Waals surface area contributed by atoms with E-state index in [-0.39, 0.29) is 11.5 Å². The van der Waals surface area contributed by atoms with Crippen LogP contribution in [0.4, 0.5) is 0 Å². The number of carbonyl (C=O) groups excluding carboxylic acids is 2. The molecule has 5 rings (SSSR count). The maximum absolute atomic E-state index is 13.1. The van der Waals surface area contributed by atoms with Gasteiger partial charge in [0.15, 0.2) is 11.5 Å². The molecule has 0 N–H and O–H groups in total. The van der Waals surface area contributed by atoms with Gasteiger partial charge in [-0.1, -0.05) is 86.0 Å². The van der Waals surface area contributed by atoms with E-state index in [1.165, 1.54) is 19.3 Å². The molecule has 1 fully saturated rings. The van der Waals surface area contributed by atoms with Gasteiger partial charge in [0.05, 0.1) is 11.1 Å². The highest BCUT2D eigenvalue weighted by atomic mass is 16.6. The van der Waals surface area contributed by atoms with Crippen LogP contribution in [-0.4, -0.2) is 11.9 Å². The third-order valence-corrected chi connectivity index (χ3v) is 6.65. The zero-order valence-electron chi connectivity index (χ0n) is 20.1. The van der Waals surface area contributed by atoms with Gasteiger partial charge >= 0.3 is 11.9 Å². The van der Waals surface area contributed by atoms with E-state index in [1.807, 2.05) is 48.5 Å². The van der Waals surface area contributed by atoms with Crippen LogP contribution in [0.25, 0.3) is 11.1 Å². The van der Waals surface area contributed by atoms with Crippen molar-refractivity contribution >= 4 is 11.9 Å². The molecule has 4 nitrogen and oxygen atoms in total. The van der Waals surface area contributed by atoms with Crippen LogP contribution in [0.3, 0.4) is 0 Å². The molecule has 1 aliphatic rings. The molecule has 4 aromatic carbocycles. The topological polar surface area (TPSA) is 52.6 Å². The Balaban J connectivity index is 1.63. The van der Waals surface area contributed by atoms with Gasteiger partial charge in [-0.05, 0) is 66.3 Å². The molecule has 4 heteroatoms. The van der Waals surface area contributed by atoms with Crippen molar-refractivity contribution in [3.8, 4) is 22.6 Å². The Labute approximate surface area is 211 Å². The standard InChI is InChI=1S/C32H28O4/c33-31(25-17-9-3-10-18-25)35-29-22-27(23-13-5-1-6-14-23)21-28(24-15-7-2-8-16-24)30(29)36-32(34)26-19-11-4-12-20-26/h2-4,7-12,15-23H,1,5-6,13-14H2. The smallest absolute Gasteiger partial charge is 0.343 e. The molecule has 0 amide bonds. The third kappa shape index (κ3) is 5.38. The second-order valence-electron chi connectivity index (χ2n) is 9.11. The zero-order valence-corrected chi connectivity index (χ0v) is 20.1. The Morgan fingerprint density at radius 2 is 1.14 bits per heavy atom. The van der Waals surface area contributed by atoms with E-state index in [9.17, 15) is 9.59 Å². The van der Waals surface area contributed by atoms with Gasteiger partial charge in [0.1, 0.15) is 0 Å². The number of hydrogen-bond donors (Lipinski definition) is 0. The molecule has 0 atom stereocenters. The van der Waals surface area contributed by atoms with Crippen LogP contribution in [0, 0.1) is 0 Å². The van der Waals surface area contributed by atoms with Crippen LogP contribution < -0.4 is 9.47 Å². The lowest BCUT2D eigenvalue weighted by molar-refractivity contribution is 0.0683. The summed E-state index contributed by atoms with van der Waals surface area (Å²) in [6.45, 7) is 0. The van der Waals surface area contributed by atoms with Crippen LogP contribution in [-0.2, 0) is 0 Å². The predicted molar refractivity (Wildman–Crippen MR) is 141 cm³/mol. The molecule has 180 valence electrons. The first-order valence-electron chi connectivity index (χ1n) is 12.5. The summed E-state index contributed by atoms with van der Waals surface area (Å²) in [7, 11) is 0. The maximum atomic E-state index is 13.1. The van der Waals surface area contributed by atoms with Gasteiger partial charge in [-0.15, -0.1) is 0 Å². The van der Waals surface area contributed by atoms with E-state index < -0.39 is 11.9 Å². The Kier molecular flexibility index (Phi) is 7.23. The number of esters is 2. The molecule has 4 aromatic rings. The predicted octanol–water partition coefficient (Wildman–Crippen LogP) is 7.84. The summed E-state index contributed by atoms with van der Waals surface area (Å²) >= 11 is 0. The van der Waals surface area contributed by atoms with Crippen molar-refractivity contribution in [2.75, 3.05) is 0 Å². The highest BCUT2D eigenvalue weighted by molar-refractivity contribution is 5.95. The fourth-order valence-electron chi connectivity index (χ4n) is 4.77. The minimum absolute atomic E-state index is 0.249. The highest BCUT2D eigenvalue weighted by Gasteiger charge is 2.25. The van der Waals surface area contributed by atoms with Crippen molar-refractivity contribution in [3.63, 3.8) is 0 Å². The lowest BCUT2D eigenvalue weighted by Crippen LogP contribution is -2.14. The Morgan fingerprint density at radius 1 is 0.611 bits per heavy atom. The Hall–Kier alpha value is -4.18. The van der Waals surface area contributed by atoms with Crippen molar-refractivity contribution in [1.29, 1.82) is 0 Å². The van der Waals surface area contributed by atoms with Crippen molar-refractivity contribution in [3.05, 3.63) is 120 Å². The summed E-state index contributed by atoms with van der Waals surface area (Å²) in [5, 5.41) is 0. The summed E-state index contributed by atoms with van der Waals surface area (Å²) in [5.41, 5.74) is 3.58. The molecule has 0 aromatic heterocycles. The molecular weight excluding hydrogens is 448 g/mol. The molecule has 0 aliphatic heterocycles. The van der Waals surface area contributed by atoms with E-state index in [0.717, 1.165) is 29.5 Å². The lowest BCUT2D eigenvalue weighted by atomic mass is 9.83. The van der Waals surface area contributed by atoms with Gasteiger partial charge in [-0.3, -0.25) is 0 Å². The average molecular weight is 477 g/mol. The molecule has 0 saturated heterocycles. The monoisotopic (exact) mass is 476 g/mol. The molecule has 1 aliphatic carbocycles. The minimum Gasteiger partial charge on any atom is -0.419 e. The summed E-state index contributed by atoms with van der Waals surface area (Å²) in [4.78, 5) is 26.2. The highest BCUT2D eigenvalue weighted by Crippen LogP contribution is 2.44. The maximum Gasteiger partial charge on any atom is 0.343 e. The lowest BCUT2D eigenvalue weighted by Gasteiger charge is -2.24. The largest absolute Gasteiger partial charge is 0.419 e. The van der Waals surface area contributed by atoms with Crippen LogP contribution in [0.15, 0.2) is 103 Å². The van der Waals surface area contributed by atoms with Gasteiger partial charge in [0.2, 0.25) is 0 Å². The van der Waals surface area contributed by atoms with Gasteiger partial charge in [-0.2, -0.15) is 0 Å². The first kappa shape index (κ1) is 23.6. The van der Waals surface area contributed by atoms with Crippen molar-refractivity contribution < 1.29 is 19.1 Å². The van der Waals surface area contributed by atoms with Gasteiger partial charge in [-0.25, -0.2) is 9.59 Å². The molecule has 36 heavy (non-hydrogen) atoms. The van der Waals surface area contributed by atoms with Gasteiger partial charge in [0, 0.05) is 5.56 Å². The van der Waals surface area contributed by atoms with Crippen molar-refractivity contribution in [1.82, 2.24) is 0 Å². The van der Waals surface area contributed by atoms with E-state index >= 15 is 0 Å². The molecule has 0 radical (unpaired) electrons. The number of carbonyl (C=O) groups is 2. The fraction of sp³-hybridized carbons (Fsp3) is 0.188. The van der Waals surface area contributed by atoms with Crippen LogP contribution in [0.2, 0.25) is 0 Å². The van der Waals surface area contributed by atoms with Crippen molar-refractivity contribution in [2.45, 2.75) is 38.0 Å². The third-order valence-electron chi connectivity index (χ3n) is 6.65. The minimum atomic E-state index is -0.504. The first-order chi connectivity index (χ1) is 17.7. The molecular formula is C32H28O4. The molecule has 0 bridgehead atoms. The van der Waals surface area contributed by atoms with Crippen LogP contribution in [0.1, 0.15) is 64.3 Å². The van der Waals surface area contributed by atoms with E-state index in [4.69, 9.17) is 9.47 Å². The summed E-state index contributed by atoms with van der Waals surface area (Å²) in [5.74, 6) is -0.120. The van der Waals surface area contributed by atoms with Gasteiger partial charge < -0.3 is 9.47 Å². The molecule has 1 saturated carbocycles. The quantitative estimate of drug-likeness (QED) is 0.210. The zero-order chi connectivity index (χ0) is 24.7. The first-order valence-corrected chi connectivity index (χ1v) is 12.5. The second kappa shape index (κ2) is 11.0. The van der Waals surface area contributed by atoms with Crippen LogP contribution >= 0.6 is 0 Å². The average Bonchev–Trinajstić information content (AvgIpc) is 2.95. The molecule has 0 spiro atoms. The SMILES string of the molecule is O=C(Oc1cc(C2CCCCC2)cc(-c2ccccc2)c1OC(=O)c1ccccc1)c1ccccc1. The van der Waals surface area contributed by atoms with E-state index in [0.29, 0.717) is 17.0 Å². The van der Waals surface area contributed by atoms with E-state index in [1.54, 1.807) is 48.5 Å². The van der Waals surface area contributed by atoms with Crippen LogP contribution in [0.5, 0.6) is 11.5 Å². The van der Waals surface area contributed by atoms with Crippen molar-refractivity contribution in [2.24, 2.45) is 0 Å². The Morgan fingerprint density at radius 3 is 1.72 bits per heavy atom. The number of rotatable bonds is 6. The summed E-state index contributed by atoms with van der Waals surface area (Å²) in [6.07, 6.45) is 5.77. The fourth-order valence-corrected chi connectivity index (χ4v) is 4.77. The molecule has 0 heterocycles. The second-order valence-corrected chi connectivity index (χ2v) is 9.11. The number of benzene rings is 4. The number of hydrogen-bond acceptors (Lipinski definition) is 4. The summed E-state index contributed by atoms with van der Waals surface area (Å²) < 4.78 is 11.9.